The molecule has 3 N–H and O–H groups in total. The summed E-state index contributed by atoms with van der Waals surface area (Å²) < 4.78 is 1.70. The zero-order chi connectivity index (χ0) is 18.7. The second kappa shape index (κ2) is 7.92. The quantitative estimate of drug-likeness (QED) is 0.693. The van der Waals surface area contributed by atoms with Gasteiger partial charge >= 0.3 is 11.8 Å². The van der Waals surface area contributed by atoms with E-state index in [9.17, 15) is 14.7 Å². The summed E-state index contributed by atoms with van der Waals surface area (Å²) in [6.07, 6.45) is 0.544. The van der Waals surface area contributed by atoms with Gasteiger partial charge in [-0.05, 0) is 25.0 Å². The predicted octanol–water partition coefficient (Wildman–Crippen LogP) is 1.75. The summed E-state index contributed by atoms with van der Waals surface area (Å²) in [6.45, 7) is 3.60. The molecule has 1 aromatic heterocycles. The molecule has 2 heterocycles. The van der Waals surface area contributed by atoms with Gasteiger partial charge in [0.25, 0.3) is 0 Å². The Morgan fingerprint density at radius 3 is 2.77 bits per heavy atom. The number of nitrogens with zero attached hydrogens (tertiary/aromatic N) is 2. The van der Waals surface area contributed by atoms with E-state index in [0.29, 0.717) is 12.2 Å². The van der Waals surface area contributed by atoms with Crippen LogP contribution in [0, 0.1) is 6.92 Å². The Kier molecular flexibility index (Phi) is 5.63. The molecule has 0 radical (unpaired) electrons. The number of aryl methyl sites for hydroxylation is 1. The fourth-order valence-electron chi connectivity index (χ4n) is 2.81. The molecule has 0 saturated heterocycles. The molecule has 1 aliphatic heterocycles. The number of carbonyl (C=O) groups is 2. The van der Waals surface area contributed by atoms with Gasteiger partial charge < -0.3 is 15.7 Å². The number of anilines is 1. The number of aliphatic hydroxyl groups excluding tert-OH is 1. The Labute approximate surface area is 156 Å². The van der Waals surface area contributed by atoms with Gasteiger partial charge in [-0.15, -0.1) is 0 Å². The van der Waals surface area contributed by atoms with Crippen LogP contribution < -0.4 is 10.6 Å². The third kappa shape index (κ3) is 3.61. The van der Waals surface area contributed by atoms with Crippen LogP contribution in [0.2, 0.25) is 0 Å². The Hall–Kier alpha value is -2.32. The Morgan fingerprint density at radius 2 is 2.08 bits per heavy atom. The number of hydrogen-bond donors (Lipinski definition) is 3. The van der Waals surface area contributed by atoms with Gasteiger partial charge in [-0.3, -0.25) is 9.59 Å². The number of amides is 2. The minimum atomic E-state index is -0.761. The third-order valence-corrected chi connectivity index (χ3v) is 5.35. The molecule has 3 rings (SSSR count). The fourth-order valence-corrected chi connectivity index (χ4v) is 3.84. The lowest BCUT2D eigenvalue weighted by Crippen LogP contribution is -2.43. The highest BCUT2D eigenvalue weighted by Gasteiger charge is 2.27. The van der Waals surface area contributed by atoms with Crippen molar-refractivity contribution in [2.45, 2.75) is 37.8 Å². The van der Waals surface area contributed by atoms with Gasteiger partial charge in [-0.2, -0.15) is 16.9 Å². The highest BCUT2D eigenvalue weighted by molar-refractivity contribution is 7.98. The molecule has 0 bridgehead atoms. The highest BCUT2D eigenvalue weighted by Crippen LogP contribution is 2.36. The Morgan fingerprint density at radius 1 is 1.31 bits per heavy atom. The van der Waals surface area contributed by atoms with Crippen molar-refractivity contribution in [1.82, 2.24) is 15.1 Å². The smallest absolute Gasteiger partial charge is 0.314 e. The number of fused-ring (bicyclic) bond motifs is 1. The molecule has 1 atom stereocenters. The highest BCUT2D eigenvalue weighted by atomic mass is 32.2. The minimum absolute atomic E-state index is 0.206. The van der Waals surface area contributed by atoms with E-state index in [0.717, 1.165) is 34.0 Å². The fraction of sp³-hybridized carbons (Fsp3) is 0.389. The van der Waals surface area contributed by atoms with Gasteiger partial charge in [0.15, 0.2) is 0 Å². The number of aromatic nitrogens is 2. The van der Waals surface area contributed by atoms with Crippen LogP contribution in [0.5, 0.6) is 0 Å². The number of rotatable bonds is 5. The van der Waals surface area contributed by atoms with Gasteiger partial charge in [0.2, 0.25) is 0 Å². The first-order valence-electron chi connectivity index (χ1n) is 8.52. The predicted molar refractivity (Wildman–Crippen MR) is 101 cm³/mol. The van der Waals surface area contributed by atoms with Crippen molar-refractivity contribution in [3.05, 3.63) is 41.1 Å². The van der Waals surface area contributed by atoms with Gasteiger partial charge in [-0.25, -0.2) is 4.68 Å². The molecule has 1 aliphatic rings. The molecule has 8 heteroatoms. The molecule has 0 unspecified atom stereocenters. The van der Waals surface area contributed by atoms with Crippen molar-refractivity contribution in [2.75, 3.05) is 11.9 Å². The maximum absolute atomic E-state index is 12.4. The molecular formula is C18H22N4O3S. The Bertz CT molecular complexity index is 830. The lowest BCUT2D eigenvalue weighted by atomic mass is 10.2. The van der Waals surface area contributed by atoms with Crippen LogP contribution in [-0.4, -0.2) is 39.4 Å². The first-order valence-corrected chi connectivity index (χ1v) is 9.67. The van der Waals surface area contributed by atoms with E-state index in [-0.39, 0.29) is 6.61 Å². The van der Waals surface area contributed by atoms with Crippen LogP contribution >= 0.6 is 11.8 Å². The van der Waals surface area contributed by atoms with Crippen LogP contribution in [0.15, 0.2) is 24.3 Å². The molecule has 138 valence electrons. The first-order chi connectivity index (χ1) is 12.5. The van der Waals surface area contributed by atoms with Crippen molar-refractivity contribution >= 4 is 29.4 Å². The zero-order valence-corrected chi connectivity index (χ0v) is 15.6. The van der Waals surface area contributed by atoms with E-state index in [1.165, 1.54) is 0 Å². The SMILES string of the molecule is CC[C@H](CO)NC(=O)C(=O)Nc1c2c(nn1-c1ccccc1C)CSC2. The largest absolute Gasteiger partial charge is 0.394 e. The number of thioether (sulfide) groups is 1. The molecule has 2 amide bonds. The average Bonchev–Trinajstić information content (AvgIpc) is 3.22. The molecule has 26 heavy (non-hydrogen) atoms. The molecule has 0 fully saturated rings. The normalized spacial score (nSPS) is 14.0. The lowest BCUT2D eigenvalue weighted by molar-refractivity contribution is -0.136. The van der Waals surface area contributed by atoms with Crippen molar-refractivity contribution in [2.24, 2.45) is 0 Å². The molecule has 0 aliphatic carbocycles. The van der Waals surface area contributed by atoms with Crippen molar-refractivity contribution in [3.63, 3.8) is 0 Å². The second-order valence-electron chi connectivity index (χ2n) is 6.18. The summed E-state index contributed by atoms with van der Waals surface area (Å²) in [4.78, 5) is 24.5. The summed E-state index contributed by atoms with van der Waals surface area (Å²) in [5, 5.41) is 19.1. The maximum Gasteiger partial charge on any atom is 0.314 e. The van der Waals surface area contributed by atoms with Crippen LogP contribution in [0.3, 0.4) is 0 Å². The third-order valence-electron chi connectivity index (χ3n) is 4.38. The van der Waals surface area contributed by atoms with Gasteiger partial charge in [0, 0.05) is 17.1 Å². The number of aliphatic hydroxyl groups is 1. The van der Waals surface area contributed by atoms with E-state index >= 15 is 0 Å². The van der Waals surface area contributed by atoms with Gasteiger partial charge in [-0.1, -0.05) is 25.1 Å². The van der Waals surface area contributed by atoms with Crippen LogP contribution in [0.4, 0.5) is 5.82 Å². The summed E-state index contributed by atoms with van der Waals surface area (Å²) in [5.41, 5.74) is 3.77. The number of benzene rings is 1. The van der Waals surface area contributed by atoms with Crippen molar-refractivity contribution < 1.29 is 14.7 Å². The van der Waals surface area contributed by atoms with E-state index in [2.05, 4.69) is 15.7 Å². The molecular weight excluding hydrogens is 352 g/mol. The summed E-state index contributed by atoms with van der Waals surface area (Å²) in [7, 11) is 0. The minimum Gasteiger partial charge on any atom is -0.394 e. The standard InChI is InChI=1S/C18H22N4O3S/c1-3-12(8-23)19-17(24)18(25)20-16-13-9-26-10-14(13)21-22(16)15-7-5-4-6-11(15)2/h4-7,12,23H,3,8-10H2,1-2H3,(H,19,24)(H,20,25)/t12-/m1/s1. The van der Waals surface area contributed by atoms with Gasteiger partial charge in [0.05, 0.1) is 24.0 Å². The van der Waals surface area contributed by atoms with Crippen LogP contribution in [-0.2, 0) is 21.1 Å². The maximum atomic E-state index is 12.4. The topological polar surface area (TPSA) is 96.2 Å². The number of carbonyl (C=O) groups excluding carboxylic acids is 2. The average molecular weight is 374 g/mol. The molecule has 0 saturated carbocycles. The van der Waals surface area contributed by atoms with Crippen LogP contribution in [0.1, 0.15) is 30.2 Å². The van der Waals surface area contributed by atoms with E-state index in [1.807, 2.05) is 38.1 Å². The molecule has 0 spiro atoms. The van der Waals surface area contributed by atoms with Gasteiger partial charge in [0.1, 0.15) is 5.82 Å². The van der Waals surface area contributed by atoms with Crippen LogP contribution in [0.25, 0.3) is 5.69 Å². The summed E-state index contributed by atoms with van der Waals surface area (Å²) in [5.74, 6) is 0.545. The monoisotopic (exact) mass is 374 g/mol. The van der Waals surface area contributed by atoms with E-state index < -0.39 is 17.9 Å². The van der Waals surface area contributed by atoms with E-state index in [1.54, 1.807) is 16.4 Å². The van der Waals surface area contributed by atoms with E-state index in [4.69, 9.17) is 0 Å². The lowest BCUT2D eigenvalue weighted by Gasteiger charge is -2.15. The number of nitrogens with one attached hydrogen (secondary N) is 2. The molecule has 2 aromatic rings. The summed E-state index contributed by atoms with van der Waals surface area (Å²) >= 11 is 1.72. The summed E-state index contributed by atoms with van der Waals surface area (Å²) in [6, 6.07) is 7.32. The van der Waals surface area contributed by atoms with Crippen molar-refractivity contribution in [1.29, 1.82) is 0 Å². The number of para-hydroxylation sites is 1. The number of hydrogen-bond acceptors (Lipinski definition) is 5. The zero-order valence-electron chi connectivity index (χ0n) is 14.8. The Balaban J connectivity index is 1.89. The molecule has 7 nitrogen and oxygen atoms in total. The second-order valence-corrected chi connectivity index (χ2v) is 7.17. The first kappa shape index (κ1) is 18.5. The molecule has 1 aromatic carbocycles. The van der Waals surface area contributed by atoms with Crippen molar-refractivity contribution in [3.8, 4) is 5.69 Å².